The van der Waals surface area contributed by atoms with Crippen LogP contribution in [0.5, 0.6) is 5.75 Å². The van der Waals surface area contributed by atoms with E-state index >= 15 is 0 Å². The van der Waals surface area contributed by atoms with Crippen molar-refractivity contribution >= 4 is 16.9 Å². The van der Waals surface area contributed by atoms with Crippen LogP contribution in [0, 0.1) is 0 Å². The highest BCUT2D eigenvalue weighted by Gasteiger charge is 2.22. The maximum absolute atomic E-state index is 12.7. The zero-order chi connectivity index (χ0) is 17.9. The Bertz CT molecular complexity index is 771. The molecule has 1 aromatic carbocycles. The lowest BCUT2D eigenvalue weighted by Gasteiger charge is -2.22. The molecule has 2 aromatic rings. The number of fused-ring (bicyclic) bond motifs is 1. The van der Waals surface area contributed by atoms with Crippen molar-refractivity contribution in [2.75, 3.05) is 20.2 Å². The van der Waals surface area contributed by atoms with Gasteiger partial charge in [0, 0.05) is 18.0 Å². The molecule has 1 N–H and O–H groups in total. The molecule has 2 heterocycles. The van der Waals surface area contributed by atoms with Gasteiger partial charge < -0.3 is 14.5 Å². The van der Waals surface area contributed by atoms with E-state index in [4.69, 9.17) is 9.15 Å². The van der Waals surface area contributed by atoms with Gasteiger partial charge in [-0.2, -0.15) is 0 Å². The van der Waals surface area contributed by atoms with Gasteiger partial charge in [-0.1, -0.05) is 25.3 Å². The molecule has 2 aliphatic rings. The summed E-state index contributed by atoms with van der Waals surface area (Å²) in [5, 5.41) is 4.13. The van der Waals surface area contributed by atoms with Crippen LogP contribution in [0.2, 0.25) is 0 Å². The molecule has 1 saturated carbocycles. The van der Waals surface area contributed by atoms with Crippen molar-refractivity contribution < 1.29 is 13.9 Å². The Morgan fingerprint density at radius 1 is 1.19 bits per heavy atom. The number of ether oxygens (including phenoxy) is 1. The highest BCUT2D eigenvalue weighted by Crippen LogP contribution is 2.33. The fourth-order valence-electron chi connectivity index (χ4n) is 4.25. The summed E-state index contributed by atoms with van der Waals surface area (Å²) < 4.78 is 11.4. The normalized spacial score (nSPS) is 19.1. The molecule has 1 saturated heterocycles. The Morgan fingerprint density at radius 2 is 1.96 bits per heavy atom. The maximum Gasteiger partial charge on any atom is 0.287 e. The number of nitrogens with one attached hydrogen (secondary N) is 1. The average Bonchev–Trinajstić information content (AvgIpc) is 3.33. The van der Waals surface area contributed by atoms with E-state index in [2.05, 4.69) is 16.3 Å². The summed E-state index contributed by atoms with van der Waals surface area (Å²) >= 11 is 0. The molecule has 1 amide bonds. The van der Waals surface area contributed by atoms with Crippen molar-refractivity contribution in [3.63, 3.8) is 0 Å². The van der Waals surface area contributed by atoms with Crippen LogP contribution in [0.1, 0.15) is 61.1 Å². The van der Waals surface area contributed by atoms with Gasteiger partial charge in [0.1, 0.15) is 0 Å². The number of carbonyl (C=O) groups is 1. The smallest absolute Gasteiger partial charge is 0.287 e. The molecule has 1 aliphatic carbocycles. The molecule has 4 rings (SSSR count). The largest absolute Gasteiger partial charge is 0.493 e. The number of benzene rings is 1. The molecule has 5 heteroatoms. The van der Waals surface area contributed by atoms with E-state index in [0.717, 1.165) is 37.9 Å². The van der Waals surface area contributed by atoms with Crippen LogP contribution in [-0.4, -0.2) is 37.0 Å². The first-order valence-corrected chi connectivity index (χ1v) is 9.87. The summed E-state index contributed by atoms with van der Waals surface area (Å²) in [4.78, 5) is 15.1. The van der Waals surface area contributed by atoms with Gasteiger partial charge in [0.2, 0.25) is 0 Å². The Morgan fingerprint density at radius 3 is 2.69 bits per heavy atom. The van der Waals surface area contributed by atoms with Crippen LogP contribution in [0.25, 0.3) is 11.0 Å². The number of methoxy groups -OCH3 is 1. The van der Waals surface area contributed by atoms with E-state index in [9.17, 15) is 4.79 Å². The second-order valence-electron chi connectivity index (χ2n) is 7.57. The molecular formula is C21H28N2O3. The molecule has 140 valence electrons. The predicted octanol–water partition coefficient (Wildman–Crippen LogP) is 4.10. The minimum Gasteiger partial charge on any atom is -0.493 e. The Hall–Kier alpha value is -2.01. The Kier molecular flexibility index (Phi) is 5.16. The number of carbonyl (C=O) groups excluding carboxylic acids is 1. The molecule has 5 nitrogen and oxygen atoms in total. The second kappa shape index (κ2) is 7.70. The lowest BCUT2D eigenvalue weighted by molar-refractivity contribution is 0.0901. The van der Waals surface area contributed by atoms with Crippen molar-refractivity contribution in [2.24, 2.45) is 0 Å². The maximum atomic E-state index is 12.7. The van der Waals surface area contributed by atoms with Crippen molar-refractivity contribution in [2.45, 2.75) is 57.5 Å². The van der Waals surface area contributed by atoms with Crippen LogP contribution in [0.3, 0.4) is 0 Å². The molecule has 0 bridgehead atoms. The van der Waals surface area contributed by atoms with Crippen LogP contribution < -0.4 is 10.1 Å². The zero-order valence-electron chi connectivity index (χ0n) is 15.6. The lowest BCUT2D eigenvalue weighted by Crippen LogP contribution is -2.35. The average molecular weight is 356 g/mol. The molecule has 26 heavy (non-hydrogen) atoms. The highest BCUT2D eigenvalue weighted by atomic mass is 16.5. The van der Waals surface area contributed by atoms with Crippen molar-refractivity contribution in [1.82, 2.24) is 10.2 Å². The van der Waals surface area contributed by atoms with E-state index < -0.39 is 0 Å². The van der Waals surface area contributed by atoms with E-state index in [1.54, 1.807) is 7.11 Å². The Labute approximate surface area is 154 Å². The second-order valence-corrected chi connectivity index (χ2v) is 7.57. The SMILES string of the molecule is COc1ccc(CN2CCCC2)c2cc(C(=O)NC3CCCCC3)oc12. The molecule has 1 aliphatic heterocycles. The summed E-state index contributed by atoms with van der Waals surface area (Å²) in [6.45, 7) is 3.17. The van der Waals surface area contributed by atoms with Gasteiger partial charge in [-0.15, -0.1) is 0 Å². The minimum absolute atomic E-state index is 0.109. The zero-order valence-corrected chi connectivity index (χ0v) is 15.6. The van der Waals surface area contributed by atoms with Gasteiger partial charge in [0.25, 0.3) is 5.91 Å². The number of nitrogens with zero attached hydrogens (tertiary/aromatic N) is 1. The number of rotatable bonds is 5. The Balaban J connectivity index is 1.60. The molecule has 2 fully saturated rings. The van der Waals surface area contributed by atoms with Gasteiger partial charge in [0.15, 0.2) is 17.1 Å². The van der Waals surface area contributed by atoms with Crippen molar-refractivity contribution in [1.29, 1.82) is 0 Å². The summed E-state index contributed by atoms with van der Waals surface area (Å²) in [5.41, 5.74) is 1.88. The number of furan rings is 1. The van der Waals surface area contributed by atoms with Gasteiger partial charge in [-0.25, -0.2) is 0 Å². The molecule has 1 aromatic heterocycles. The van der Waals surface area contributed by atoms with Gasteiger partial charge in [-0.05, 0) is 56.5 Å². The quantitative estimate of drug-likeness (QED) is 0.876. The van der Waals surface area contributed by atoms with Gasteiger partial charge >= 0.3 is 0 Å². The topological polar surface area (TPSA) is 54.7 Å². The third-order valence-electron chi connectivity index (χ3n) is 5.71. The van der Waals surface area contributed by atoms with Gasteiger partial charge in [-0.3, -0.25) is 9.69 Å². The predicted molar refractivity (Wildman–Crippen MR) is 102 cm³/mol. The lowest BCUT2D eigenvalue weighted by atomic mass is 9.95. The number of amides is 1. The van der Waals surface area contributed by atoms with Gasteiger partial charge in [0.05, 0.1) is 7.11 Å². The molecule has 0 spiro atoms. The van der Waals surface area contributed by atoms with Crippen molar-refractivity contribution in [3.8, 4) is 5.75 Å². The molecule has 0 radical (unpaired) electrons. The van der Waals surface area contributed by atoms with E-state index in [0.29, 0.717) is 17.1 Å². The summed E-state index contributed by atoms with van der Waals surface area (Å²) in [5.74, 6) is 0.960. The monoisotopic (exact) mass is 356 g/mol. The molecular weight excluding hydrogens is 328 g/mol. The summed E-state index contributed by atoms with van der Waals surface area (Å²) in [6, 6.07) is 6.20. The summed E-state index contributed by atoms with van der Waals surface area (Å²) in [7, 11) is 1.64. The van der Waals surface area contributed by atoms with Crippen LogP contribution in [0.15, 0.2) is 22.6 Å². The molecule has 0 atom stereocenters. The molecule has 0 unspecified atom stereocenters. The van der Waals surface area contributed by atoms with Crippen LogP contribution in [-0.2, 0) is 6.54 Å². The van der Waals surface area contributed by atoms with E-state index in [1.165, 1.54) is 37.7 Å². The fourth-order valence-corrected chi connectivity index (χ4v) is 4.25. The first kappa shape index (κ1) is 17.4. The van der Waals surface area contributed by atoms with Crippen LogP contribution in [0.4, 0.5) is 0 Å². The first-order valence-electron chi connectivity index (χ1n) is 9.87. The highest BCUT2D eigenvalue weighted by molar-refractivity contribution is 5.98. The first-order chi connectivity index (χ1) is 12.7. The minimum atomic E-state index is -0.109. The number of hydrogen-bond donors (Lipinski definition) is 1. The van der Waals surface area contributed by atoms with Crippen LogP contribution >= 0.6 is 0 Å². The standard InChI is InChI=1S/C21H28N2O3/c1-25-18-10-9-15(14-23-11-5-6-12-23)17-13-19(26-20(17)18)21(24)22-16-7-3-2-4-8-16/h9-10,13,16H,2-8,11-12,14H2,1H3,(H,22,24). The number of hydrogen-bond acceptors (Lipinski definition) is 4. The number of likely N-dealkylation sites (tertiary alicyclic amines) is 1. The van der Waals surface area contributed by atoms with E-state index in [1.807, 2.05) is 12.1 Å². The fraction of sp³-hybridized carbons (Fsp3) is 0.571. The third-order valence-corrected chi connectivity index (χ3v) is 5.71. The summed E-state index contributed by atoms with van der Waals surface area (Å²) in [6.07, 6.45) is 8.32. The van der Waals surface area contributed by atoms with E-state index in [-0.39, 0.29) is 11.9 Å². The van der Waals surface area contributed by atoms with Crippen molar-refractivity contribution in [3.05, 3.63) is 29.5 Å². The third kappa shape index (κ3) is 3.58.